The van der Waals surface area contributed by atoms with Crippen molar-refractivity contribution in [3.63, 3.8) is 0 Å². The maximum atomic E-state index is 11.9. The van der Waals surface area contributed by atoms with Gasteiger partial charge in [-0.3, -0.25) is 9.48 Å². The number of carbonyl (C=O) groups is 1. The highest BCUT2D eigenvalue weighted by Crippen LogP contribution is 2.12. The minimum atomic E-state index is -0.254. The second-order valence-electron chi connectivity index (χ2n) is 3.65. The predicted molar refractivity (Wildman–Crippen MR) is 65.1 cm³/mol. The summed E-state index contributed by atoms with van der Waals surface area (Å²) in [5.41, 5.74) is 1.16. The number of nitrogens with one attached hydrogen (secondary N) is 1. The summed E-state index contributed by atoms with van der Waals surface area (Å²) in [4.78, 5) is 15.9. The van der Waals surface area contributed by atoms with E-state index < -0.39 is 0 Å². The van der Waals surface area contributed by atoms with Crippen molar-refractivity contribution in [1.29, 1.82) is 0 Å². The summed E-state index contributed by atoms with van der Waals surface area (Å²) in [6.45, 7) is 1.78. The molecule has 0 fully saturated rings. The smallest absolute Gasteiger partial charge is 0.257 e. The Balaban J connectivity index is 2.19. The third kappa shape index (κ3) is 2.82. The maximum absolute atomic E-state index is 11.9. The van der Waals surface area contributed by atoms with Gasteiger partial charge in [0.25, 0.3) is 5.91 Å². The molecule has 0 atom stereocenters. The number of halogens is 1. The van der Waals surface area contributed by atoms with E-state index in [0.29, 0.717) is 22.2 Å². The van der Waals surface area contributed by atoms with Gasteiger partial charge in [-0.05, 0) is 19.1 Å². The van der Waals surface area contributed by atoms with Crippen molar-refractivity contribution in [2.75, 3.05) is 5.32 Å². The number of amides is 1. The lowest BCUT2D eigenvalue weighted by Gasteiger charge is -2.03. The van der Waals surface area contributed by atoms with E-state index in [2.05, 4.69) is 15.4 Å². The van der Waals surface area contributed by atoms with Gasteiger partial charge in [0.15, 0.2) is 5.82 Å². The largest absolute Gasteiger partial charge is 0.305 e. The van der Waals surface area contributed by atoms with Crippen molar-refractivity contribution < 1.29 is 4.79 Å². The van der Waals surface area contributed by atoms with Crippen molar-refractivity contribution in [1.82, 2.24) is 14.8 Å². The van der Waals surface area contributed by atoms with Crippen LogP contribution in [0.4, 0.5) is 5.82 Å². The third-order valence-electron chi connectivity index (χ3n) is 2.14. The number of aryl methyl sites for hydroxylation is 2. The SMILES string of the molecule is Cc1cc(C(=O)Nc2ccn(C)n2)cc(Cl)n1. The lowest BCUT2D eigenvalue weighted by atomic mass is 10.2. The van der Waals surface area contributed by atoms with Crippen molar-refractivity contribution in [3.8, 4) is 0 Å². The Hall–Kier alpha value is -1.88. The van der Waals surface area contributed by atoms with Gasteiger partial charge in [-0.15, -0.1) is 0 Å². The summed E-state index contributed by atoms with van der Waals surface area (Å²) in [5.74, 6) is 0.249. The normalized spacial score (nSPS) is 10.3. The molecule has 0 aromatic carbocycles. The molecule has 0 radical (unpaired) electrons. The highest BCUT2D eigenvalue weighted by Gasteiger charge is 2.09. The van der Waals surface area contributed by atoms with Crippen LogP contribution in [0.5, 0.6) is 0 Å². The fraction of sp³-hybridized carbons (Fsp3) is 0.182. The van der Waals surface area contributed by atoms with Gasteiger partial charge in [-0.2, -0.15) is 5.10 Å². The summed E-state index contributed by atoms with van der Waals surface area (Å²) in [7, 11) is 1.78. The number of hydrogen-bond donors (Lipinski definition) is 1. The summed E-state index contributed by atoms with van der Waals surface area (Å²) in [6.07, 6.45) is 1.75. The highest BCUT2D eigenvalue weighted by molar-refractivity contribution is 6.29. The van der Waals surface area contributed by atoms with Crippen LogP contribution in [0.2, 0.25) is 5.15 Å². The van der Waals surface area contributed by atoms with E-state index in [0.717, 1.165) is 0 Å². The molecule has 2 aromatic heterocycles. The predicted octanol–water partition coefficient (Wildman–Crippen LogP) is 2.03. The molecule has 1 amide bonds. The van der Waals surface area contributed by atoms with Crippen LogP contribution >= 0.6 is 11.6 Å². The van der Waals surface area contributed by atoms with Crippen LogP contribution in [-0.2, 0) is 7.05 Å². The second kappa shape index (κ2) is 4.55. The molecule has 0 aliphatic heterocycles. The van der Waals surface area contributed by atoms with Gasteiger partial charge in [0.05, 0.1) is 0 Å². The standard InChI is InChI=1S/C11H11ClN4O/c1-7-5-8(6-9(12)13-7)11(17)14-10-3-4-16(2)15-10/h3-6H,1-2H3,(H,14,15,17). The van der Waals surface area contributed by atoms with Crippen LogP contribution in [0.15, 0.2) is 24.4 Å². The second-order valence-corrected chi connectivity index (χ2v) is 4.04. The number of pyridine rings is 1. The quantitative estimate of drug-likeness (QED) is 0.830. The van der Waals surface area contributed by atoms with Gasteiger partial charge in [0.1, 0.15) is 5.15 Å². The Bertz CT molecular complexity index is 544. The number of carbonyl (C=O) groups excluding carboxylic acids is 1. The first-order valence-electron chi connectivity index (χ1n) is 5.00. The molecular formula is C11H11ClN4O. The molecule has 2 rings (SSSR count). The Morgan fingerprint density at radius 3 is 2.82 bits per heavy atom. The van der Waals surface area contributed by atoms with Crippen LogP contribution in [0.1, 0.15) is 16.1 Å². The molecule has 17 heavy (non-hydrogen) atoms. The summed E-state index contributed by atoms with van der Waals surface area (Å²) < 4.78 is 1.61. The molecule has 6 heteroatoms. The van der Waals surface area contributed by atoms with Crippen molar-refractivity contribution in [3.05, 3.63) is 40.8 Å². The van der Waals surface area contributed by atoms with Gasteiger partial charge >= 0.3 is 0 Å². The zero-order chi connectivity index (χ0) is 12.4. The van der Waals surface area contributed by atoms with Crippen LogP contribution in [0, 0.1) is 6.92 Å². The molecule has 0 aliphatic rings. The number of anilines is 1. The molecule has 5 nitrogen and oxygen atoms in total. The van der Waals surface area contributed by atoms with Crippen molar-refractivity contribution in [2.45, 2.75) is 6.92 Å². The Morgan fingerprint density at radius 2 is 2.24 bits per heavy atom. The van der Waals surface area contributed by atoms with Crippen molar-refractivity contribution in [2.24, 2.45) is 7.05 Å². The summed E-state index contributed by atoms with van der Waals surface area (Å²) in [5, 5.41) is 7.04. The lowest BCUT2D eigenvalue weighted by Crippen LogP contribution is -2.13. The van der Waals surface area contributed by atoms with E-state index in [1.807, 2.05) is 0 Å². The number of rotatable bonds is 2. The molecule has 0 aliphatic carbocycles. The third-order valence-corrected chi connectivity index (χ3v) is 2.33. The summed E-state index contributed by atoms with van der Waals surface area (Å²) >= 11 is 5.79. The van der Waals surface area contributed by atoms with E-state index in [4.69, 9.17) is 11.6 Å². The molecular weight excluding hydrogens is 240 g/mol. The minimum Gasteiger partial charge on any atom is -0.305 e. The molecule has 0 spiro atoms. The van der Waals surface area contributed by atoms with E-state index in [9.17, 15) is 4.79 Å². The van der Waals surface area contributed by atoms with E-state index in [1.54, 1.807) is 37.0 Å². The minimum absolute atomic E-state index is 0.254. The maximum Gasteiger partial charge on any atom is 0.257 e. The number of hydrogen-bond acceptors (Lipinski definition) is 3. The van der Waals surface area contributed by atoms with Gasteiger partial charge in [-0.1, -0.05) is 11.6 Å². The Morgan fingerprint density at radius 1 is 1.47 bits per heavy atom. The Kier molecular flexibility index (Phi) is 3.10. The van der Waals surface area contributed by atoms with E-state index in [-0.39, 0.29) is 5.91 Å². The monoisotopic (exact) mass is 250 g/mol. The van der Waals surface area contributed by atoms with E-state index in [1.165, 1.54) is 6.07 Å². The van der Waals surface area contributed by atoms with Gasteiger partial charge in [0, 0.05) is 30.6 Å². The van der Waals surface area contributed by atoms with Gasteiger partial charge < -0.3 is 5.32 Å². The lowest BCUT2D eigenvalue weighted by molar-refractivity contribution is 0.102. The first-order chi connectivity index (χ1) is 8.04. The molecule has 2 heterocycles. The molecule has 1 N–H and O–H groups in total. The van der Waals surface area contributed by atoms with Crippen molar-refractivity contribution >= 4 is 23.3 Å². The highest BCUT2D eigenvalue weighted by atomic mass is 35.5. The average molecular weight is 251 g/mol. The molecule has 0 saturated carbocycles. The summed E-state index contributed by atoms with van der Waals surface area (Å²) in [6, 6.07) is 4.91. The molecule has 88 valence electrons. The number of aromatic nitrogens is 3. The van der Waals surface area contributed by atoms with Crippen LogP contribution in [0.3, 0.4) is 0 Å². The molecule has 0 saturated heterocycles. The fourth-order valence-electron chi connectivity index (χ4n) is 1.43. The van der Waals surface area contributed by atoms with Crippen LogP contribution in [-0.4, -0.2) is 20.7 Å². The van der Waals surface area contributed by atoms with Crippen LogP contribution in [0.25, 0.3) is 0 Å². The average Bonchev–Trinajstić information content (AvgIpc) is 2.62. The first kappa shape index (κ1) is 11.6. The van der Waals surface area contributed by atoms with Gasteiger partial charge in [0.2, 0.25) is 0 Å². The first-order valence-corrected chi connectivity index (χ1v) is 5.37. The van der Waals surface area contributed by atoms with Gasteiger partial charge in [-0.25, -0.2) is 4.98 Å². The number of nitrogens with zero attached hydrogens (tertiary/aromatic N) is 3. The Labute approximate surface area is 103 Å². The zero-order valence-electron chi connectivity index (χ0n) is 9.44. The molecule has 0 bridgehead atoms. The molecule has 2 aromatic rings. The fourth-order valence-corrected chi connectivity index (χ4v) is 1.68. The van der Waals surface area contributed by atoms with Crippen LogP contribution < -0.4 is 5.32 Å². The topological polar surface area (TPSA) is 59.8 Å². The zero-order valence-corrected chi connectivity index (χ0v) is 10.2. The molecule has 0 unspecified atom stereocenters. The van der Waals surface area contributed by atoms with E-state index >= 15 is 0 Å².